The van der Waals surface area contributed by atoms with Crippen molar-refractivity contribution in [2.45, 2.75) is 39.8 Å². The molecule has 7 heteroatoms. The molecule has 0 spiro atoms. The van der Waals surface area contributed by atoms with Crippen molar-refractivity contribution in [3.8, 4) is 0 Å². The van der Waals surface area contributed by atoms with Crippen LogP contribution in [0, 0.1) is 26.7 Å². The number of hydrogen-bond donors (Lipinski definition) is 1. The Morgan fingerprint density at radius 1 is 1.30 bits per heavy atom. The number of nitrogens with zero attached hydrogens (tertiary/aromatic N) is 3. The molecule has 3 heterocycles. The van der Waals surface area contributed by atoms with Crippen molar-refractivity contribution in [3.05, 3.63) is 35.0 Å². The van der Waals surface area contributed by atoms with Crippen LogP contribution in [-0.4, -0.2) is 40.1 Å². The van der Waals surface area contributed by atoms with Crippen LogP contribution in [-0.2, 0) is 22.5 Å². The van der Waals surface area contributed by atoms with Crippen molar-refractivity contribution in [1.29, 1.82) is 0 Å². The van der Waals surface area contributed by atoms with E-state index in [0.717, 1.165) is 22.8 Å². The first-order valence-electron chi connectivity index (χ1n) is 7.81. The summed E-state index contributed by atoms with van der Waals surface area (Å²) in [5.74, 6) is 0.980. The van der Waals surface area contributed by atoms with Gasteiger partial charge in [-0.1, -0.05) is 5.16 Å². The SMILES string of the molecule is Cc1cc(CC2COCC2NC(=O)Cn2nc(C)cc2C)on1. The predicted octanol–water partition coefficient (Wildman–Crippen LogP) is 1.17. The third kappa shape index (κ3) is 3.79. The monoisotopic (exact) mass is 318 g/mol. The average Bonchev–Trinajstić information content (AvgIpc) is 3.15. The highest BCUT2D eigenvalue weighted by Crippen LogP contribution is 2.19. The van der Waals surface area contributed by atoms with Crippen LogP contribution in [0.2, 0.25) is 0 Å². The maximum absolute atomic E-state index is 12.3. The molecule has 1 N–H and O–H groups in total. The smallest absolute Gasteiger partial charge is 0.242 e. The molecule has 2 atom stereocenters. The van der Waals surface area contributed by atoms with E-state index < -0.39 is 0 Å². The molecule has 0 aromatic carbocycles. The second kappa shape index (κ2) is 6.54. The molecule has 0 bridgehead atoms. The summed E-state index contributed by atoms with van der Waals surface area (Å²) >= 11 is 0. The lowest BCUT2D eigenvalue weighted by molar-refractivity contribution is -0.122. The molecular weight excluding hydrogens is 296 g/mol. The number of hydrogen-bond acceptors (Lipinski definition) is 5. The molecule has 1 saturated heterocycles. The van der Waals surface area contributed by atoms with Gasteiger partial charge in [0.05, 0.1) is 30.6 Å². The first kappa shape index (κ1) is 15.7. The lowest BCUT2D eigenvalue weighted by Crippen LogP contribution is -2.42. The van der Waals surface area contributed by atoms with E-state index in [1.54, 1.807) is 4.68 Å². The molecule has 0 saturated carbocycles. The summed E-state index contributed by atoms with van der Waals surface area (Å²) in [6, 6.07) is 3.87. The highest BCUT2D eigenvalue weighted by Gasteiger charge is 2.30. The highest BCUT2D eigenvalue weighted by molar-refractivity contribution is 5.76. The number of aromatic nitrogens is 3. The Labute approximate surface area is 135 Å². The quantitative estimate of drug-likeness (QED) is 0.895. The molecule has 2 aromatic heterocycles. The fourth-order valence-corrected chi connectivity index (χ4v) is 2.95. The van der Waals surface area contributed by atoms with Crippen molar-refractivity contribution < 1.29 is 14.1 Å². The summed E-state index contributed by atoms with van der Waals surface area (Å²) in [7, 11) is 0. The fraction of sp³-hybridized carbons (Fsp3) is 0.562. The molecular formula is C16H22N4O3. The van der Waals surface area contributed by atoms with E-state index in [2.05, 4.69) is 15.6 Å². The normalized spacial score (nSPS) is 20.8. The zero-order chi connectivity index (χ0) is 16.4. The molecule has 7 nitrogen and oxygen atoms in total. The van der Waals surface area contributed by atoms with Crippen molar-refractivity contribution in [3.63, 3.8) is 0 Å². The van der Waals surface area contributed by atoms with Crippen molar-refractivity contribution >= 4 is 5.91 Å². The molecule has 1 amide bonds. The molecule has 2 unspecified atom stereocenters. The highest BCUT2D eigenvalue weighted by atomic mass is 16.5. The lowest BCUT2D eigenvalue weighted by Gasteiger charge is -2.18. The Bertz CT molecular complexity index is 691. The Morgan fingerprint density at radius 2 is 2.13 bits per heavy atom. The first-order valence-corrected chi connectivity index (χ1v) is 7.81. The zero-order valence-corrected chi connectivity index (χ0v) is 13.7. The van der Waals surface area contributed by atoms with E-state index in [0.29, 0.717) is 19.6 Å². The van der Waals surface area contributed by atoms with Crippen LogP contribution in [0.5, 0.6) is 0 Å². The van der Waals surface area contributed by atoms with E-state index in [1.807, 2.05) is 32.9 Å². The Kier molecular flexibility index (Phi) is 4.47. The van der Waals surface area contributed by atoms with Crippen molar-refractivity contribution in [2.75, 3.05) is 13.2 Å². The number of rotatable bonds is 5. The standard InChI is InChI=1S/C16H22N4O3/c1-10-4-12(3)20(18-10)7-16(21)17-15-9-22-8-13(15)6-14-5-11(2)19-23-14/h4-5,13,15H,6-9H2,1-3H3,(H,17,21). The van der Waals surface area contributed by atoms with Gasteiger partial charge in [-0.15, -0.1) is 0 Å². The molecule has 3 rings (SSSR count). The zero-order valence-electron chi connectivity index (χ0n) is 13.7. The molecule has 0 radical (unpaired) electrons. The van der Waals surface area contributed by atoms with Gasteiger partial charge in [0, 0.05) is 24.1 Å². The van der Waals surface area contributed by atoms with E-state index in [1.165, 1.54) is 0 Å². The number of carbonyl (C=O) groups excluding carboxylic acids is 1. The minimum atomic E-state index is -0.0505. The predicted molar refractivity (Wildman–Crippen MR) is 82.9 cm³/mol. The summed E-state index contributed by atoms with van der Waals surface area (Å²) in [5.41, 5.74) is 2.76. The van der Waals surface area contributed by atoms with Gasteiger partial charge in [0.25, 0.3) is 0 Å². The number of nitrogens with one attached hydrogen (secondary N) is 1. The Balaban J connectivity index is 1.57. The number of amides is 1. The number of aryl methyl sites for hydroxylation is 3. The van der Waals surface area contributed by atoms with E-state index in [9.17, 15) is 4.79 Å². The van der Waals surface area contributed by atoms with Crippen LogP contribution in [0.25, 0.3) is 0 Å². The maximum atomic E-state index is 12.3. The second-order valence-electron chi connectivity index (χ2n) is 6.20. The van der Waals surface area contributed by atoms with Gasteiger partial charge in [-0.2, -0.15) is 5.10 Å². The maximum Gasteiger partial charge on any atom is 0.242 e. The van der Waals surface area contributed by atoms with Crippen LogP contribution in [0.1, 0.15) is 22.8 Å². The van der Waals surface area contributed by atoms with Crippen LogP contribution in [0.3, 0.4) is 0 Å². The summed E-state index contributed by atoms with van der Waals surface area (Å²) in [6.07, 6.45) is 0.714. The summed E-state index contributed by atoms with van der Waals surface area (Å²) < 4.78 is 12.5. The van der Waals surface area contributed by atoms with Gasteiger partial charge in [0.15, 0.2) is 0 Å². The van der Waals surface area contributed by atoms with E-state index in [-0.39, 0.29) is 24.4 Å². The van der Waals surface area contributed by atoms with Gasteiger partial charge in [0.2, 0.25) is 5.91 Å². The van der Waals surface area contributed by atoms with Crippen molar-refractivity contribution in [2.24, 2.45) is 5.92 Å². The van der Waals surface area contributed by atoms with Gasteiger partial charge in [-0.05, 0) is 26.8 Å². The molecule has 1 aliphatic rings. The number of ether oxygens (including phenoxy) is 1. The molecule has 0 aliphatic carbocycles. The average molecular weight is 318 g/mol. The summed E-state index contributed by atoms with van der Waals surface area (Å²) in [4.78, 5) is 12.3. The van der Waals surface area contributed by atoms with Gasteiger partial charge < -0.3 is 14.6 Å². The number of carbonyl (C=O) groups is 1. The molecule has 124 valence electrons. The van der Waals surface area contributed by atoms with Gasteiger partial charge in [0.1, 0.15) is 12.3 Å². The van der Waals surface area contributed by atoms with Crippen molar-refractivity contribution in [1.82, 2.24) is 20.3 Å². The van der Waals surface area contributed by atoms with Gasteiger partial charge in [-0.3, -0.25) is 9.48 Å². The van der Waals surface area contributed by atoms with Crippen LogP contribution in [0.4, 0.5) is 0 Å². The summed E-state index contributed by atoms with van der Waals surface area (Å²) in [6.45, 7) is 7.13. The second-order valence-corrected chi connectivity index (χ2v) is 6.20. The Hall–Kier alpha value is -2.15. The van der Waals surface area contributed by atoms with Crippen LogP contribution in [0.15, 0.2) is 16.7 Å². The third-order valence-electron chi connectivity index (χ3n) is 4.08. The lowest BCUT2D eigenvalue weighted by atomic mass is 9.98. The van der Waals surface area contributed by atoms with Crippen LogP contribution < -0.4 is 5.32 Å². The molecule has 1 aliphatic heterocycles. The fourth-order valence-electron chi connectivity index (χ4n) is 2.95. The molecule has 2 aromatic rings. The largest absolute Gasteiger partial charge is 0.379 e. The molecule has 23 heavy (non-hydrogen) atoms. The third-order valence-corrected chi connectivity index (χ3v) is 4.08. The van der Waals surface area contributed by atoms with Gasteiger partial charge >= 0.3 is 0 Å². The summed E-state index contributed by atoms with van der Waals surface area (Å²) in [5, 5.41) is 11.3. The van der Waals surface area contributed by atoms with E-state index >= 15 is 0 Å². The van der Waals surface area contributed by atoms with Gasteiger partial charge in [-0.25, -0.2) is 0 Å². The van der Waals surface area contributed by atoms with Crippen LogP contribution >= 0.6 is 0 Å². The minimum absolute atomic E-state index is 0.00938. The Morgan fingerprint density at radius 3 is 2.78 bits per heavy atom. The van der Waals surface area contributed by atoms with E-state index in [4.69, 9.17) is 9.26 Å². The molecule has 1 fully saturated rings. The topological polar surface area (TPSA) is 82.2 Å². The first-order chi connectivity index (χ1) is 11.0. The minimum Gasteiger partial charge on any atom is -0.379 e.